The average molecular weight is 290 g/mol. The highest BCUT2D eigenvalue weighted by atomic mass is 17.7. The van der Waals surface area contributed by atoms with E-state index in [1.807, 2.05) is 20.8 Å². The summed E-state index contributed by atoms with van der Waals surface area (Å²) < 4.78 is 0. The fraction of sp³-hybridized carbons (Fsp3) is 1.00. The summed E-state index contributed by atoms with van der Waals surface area (Å²) in [7, 11) is 0. The number of unbranched alkanes of at least 4 members (excludes halogenated alkanes) is 9. The van der Waals surface area contributed by atoms with E-state index in [2.05, 4.69) is 17.0 Å². The van der Waals surface area contributed by atoms with Gasteiger partial charge in [0.1, 0.15) is 0 Å². The molecule has 0 heterocycles. The van der Waals surface area contributed by atoms with Gasteiger partial charge in [-0.2, -0.15) is 4.89 Å². The molecule has 0 aromatic rings. The largest absolute Gasteiger partial charge is 0.204 e. The van der Waals surface area contributed by atoms with Crippen molar-refractivity contribution in [1.29, 1.82) is 0 Å². The summed E-state index contributed by atoms with van der Waals surface area (Å²) in [6, 6.07) is 0. The minimum atomic E-state index is -0.388. The van der Waals surface area contributed by atoms with Crippen molar-refractivity contribution in [2.45, 2.75) is 97.5 Å². The summed E-state index contributed by atoms with van der Waals surface area (Å²) in [6.07, 6.45) is 13.0. The smallest absolute Gasteiger partial charge is 0.0984 e. The Bertz CT molecular complexity index is 189. The maximum Gasteiger partial charge on any atom is 0.0984 e. The van der Waals surface area contributed by atoms with Crippen LogP contribution in [0, 0.1) is 0 Å². The second kappa shape index (κ2) is 13.8. The van der Waals surface area contributed by atoms with Crippen LogP contribution in [0.4, 0.5) is 0 Å². The van der Waals surface area contributed by atoms with Gasteiger partial charge in [-0.3, -0.25) is 0 Å². The van der Waals surface area contributed by atoms with Gasteiger partial charge in [0.15, 0.2) is 0 Å². The van der Waals surface area contributed by atoms with E-state index in [1.165, 1.54) is 57.8 Å². The lowest BCUT2D eigenvalue weighted by atomic mass is 10.1. The predicted octanol–water partition coefficient (Wildman–Crippen LogP) is 5.52. The molecule has 0 radical (unpaired) electrons. The standard InChI is InChI=1S/C16H34O4/c1-5-6-7-8-9-10-11-12-13-14-15-17-19-20-18-16(2,3)4/h5-15H2,1-4H3. The van der Waals surface area contributed by atoms with Gasteiger partial charge in [-0.15, -0.1) is 0 Å². The third kappa shape index (κ3) is 17.8. The zero-order valence-corrected chi connectivity index (χ0v) is 13.9. The van der Waals surface area contributed by atoms with Crippen molar-refractivity contribution in [3.05, 3.63) is 0 Å². The van der Waals surface area contributed by atoms with Crippen LogP contribution in [0.15, 0.2) is 0 Å². The van der Waals surface area contributed by atoms with Crippen molar-refractivity contribution in [3.8, 4) is 0 Å². The van der Waals surface area contributed by atoms with Gasteiger partial charge < -0.3 is 0 Å². The molecule has 20 heavy (non-hydrogen) atoms. The summed E-state index contributed by atoms with van der Waals surface area (Å²) >= 11 is 0. The molecule has 0 atom stereocenters. The maximum atomic E-state index is 4.88. The van der Waals surface area contributed by atoms with Gasteiger partial charge in [0.05, 0.1) is 12.2 Å². The molecule has 4 nitrogen and oxygen atoms in total. The Labute approximate surface area is 124 Å². The summed E-state index contributed by atoms with van der Waals surface area (Å²) in [5.74, 6) is 0. The number of hydrogen-bond acceptors (Lipinski definition) is 4. The van der Waals surface area contributed by atoms with Gasteiger partial charge in [-0.05, 0) is 37.3 Å². The highest BCUT2D eigenvalue weighted by Crippen LogP contribution is 2.11. The first-order valence-corrected chi connectivity index (χ1v) is 8.20. The van der Waals surface area contributed by atoms with Crippen LogP contribution < -0.4 is 0 Å². The minimum absolute atomic E-state index is 0.388. The Kier molecular flexibility index (Phi) is 13.7. The summed E-state index contributed by atoms with van der Waals surface area (Å²) in [4.78, 5) is 9.74. The first kappa shape index (κ1) is 19.8. The van der Waals surface area contributed by atoms with Crippen molar-refractivity contribution in [2.75, 3.05) is 6.61 Å². The highest BCUT2D eigenvalue weighted by Gasteiger charge is 2.12. The molecule has 0 aliphatic rings. The molecule has 0 saturated heterocycles. The molecule has 0 spiro atoms. The lowest BCUT2D eigenvalue weighted by Gasteiger charge is -2.15. The first-order chi connectivity index (χ1) is 9.56. The van der Waals surface area contributed by atoms with Crippen molar-refractivity contribution in [2.24, 2.45) is 0 Å². The Balaban J connectivity index is 2.99. The summed E-state index contributed by atoms with van der Waals surface area (Å²) in [5, 5.41) is 8.94. The molecule has 0 amide bonds. The molecule has 0 aliphatic carbocycles. The molecule has 0 N–H and O–H groups in total. The lowest BCUT2D eigenvalue weighted by molar-refractivity contribution is -0.648. The van der Waals surface area contributed by atoms with Crippen molar-refractivity contribution < 1.29 is 19.9 Å². The van der Waals surface area contributed by atoms with E-state index < -0.39 is 0 Å². The van der Waals surface area contributed by atoms with Crippen molar-refractivity contribution in [3.63, 3.8) is 0 Å². The molecule has 4 heteroatoms. The van der Waals surface area contributed by atoms with E-state index >= 15 is 0 Å². The Hall–Kier alpha value is -0.160. The van der Waals surface area contributed by atoms with Crippen LogP contribution in [0.3, 0.4) is 0 Å². The van der Waals surface area contributed by atoms with E-state index in [9.17, 15) is 0 Å². The monoisotopic (exact) mass is 290 g/mol. The van der Waals surface area contributed by atoms with Crippen molar-refractivity contribution in [1.82, 2.24) is 0 Å². The van der Waals surface area contributed by atoms with E-state index in [1.54, 1.807) is 0 Å². The second-order valence-corrected chi connectivity index (χ2v) is 6.34. The lowest BCUT2D eigenvalue weighted by Crippen LogP contribution is -2.19. The van der Waals surface area contributed by atoms with Crippen molar-refractivity contribution >= 4 is 0 Å². The maximum absolute atomic E-state index is 4.88. The molecular weight excluding hydrogens is 256 g/mol. The molecule has 0 aromatic heterocycles. The molecule has 122 valence electrons. The van der Waals surface area contributed by atoms with Gasteiger partial charge in [-0.25, -0.2) is 4.89 Å². The minimum Gasteiger partial charge on any atom is -0.204 e. The SMILES string of the molecule is CCCCCCCCCCCCOOOOC(C)(C)C. The van der Waals surface area contributed by atoms with Crippen LogP contribution in [0.1, 0.15) is 91.9 Å². The zero-order valence-electron chi connectivity index (χ0n) is 13.9. The van der Waals surface area contributed by atoms with Crippen LogP contribution in [-0.4, -0.2) is 12.2 Å². The van der Waals surface area contributed by atoms with Gasteiger partial charge in [0.2, 0.25) is 0 Å². The molecule has 0 fully saturated rings. The molecule has 0 rings (SSSR count). The molecule has 0 saturated carbocycles. The van der Waals surface area contributed by atoms with Crippen LogP contribution in [0.25, 0.3) is 0 Å². The quantitative estimate of drug-likeness (QED) is 0.240. The van der Waals surface area contributed by atoms with Crippen LogP contribution in [0.2, 0.25) is 0 Å². The fourth-order valence-corrected chi connectivity index (χ4v) is 1.82. The molecule has 0 aliphatic heterocycles. The van der Waals surface area contributed by atoms with Crippen LogP contribution in [0.5, 0.6) is 0 Å². The summed E-state index contributed by atoms with van der Waals surface area (Å²) in [6.45, 7) is 8.42. The van der Waals surface area contributed by atoms with Crippen LogP contribution >= 0.6 is 0 Å². The normalized spacial score (nSPS) is 12.0. The Morgan fingerprint density at radius 2 is 1.15 bits per heavy atom. The highest BCUT2D eigenvalue weighted by molar-refractivity contribution is 4.53. The first-order valence-electron chi connectivity index (χ1n) is 8.20. The number of rotatable bonds is 14. The third-order valence-electron chi connectivity index (χ3n) is 2.94. The Morgan fingerprint density at radius 1 is 0.650 bits per heavy atom. The van der Waals surface area contributed by atoms with E-state index in [0.717, 1.165) is 6.42 Å². The third-order valence-corrected chi connectivity index (χ3v) is 2.94. The number of hydrogen-bond donors (Lipinski definition) is 0. The van der Waals surface area contributed by atoms with E-state index in [4.69, 9.17) is 9.78 Å². The zero-order chi connectivity index (χ0) is 15.1. The van der Waals surface area contributed by atoms with Gasteiger partial charge >= 0.3 is 0 Å². The molecular formula is C16H34O4. The second-order valence-electron chi connectivity index (χ2n) is 6.34. The predicted molar refractivity (Wildman–Crippen MR) is 80.8 cm³/mol. The van der Waals surface area contributed by atoms with Gasteiger partial charge in [0, 0.05) is 0 Å². The molecule has 0 aromatic carbocycles. The molecule has 0 bridgehead atoms. The fourth-order valence-electron chi connectivity index (χ4n) is 1.82. The summed E-state index contributed by atoms with van der Waals surface area (Å²) in [5.41, 5.74) is -0.388. The van der Waals surface area contributed by atoms with E-state index in [0.29, 0.717) is 6.61 Å². The Morgan fingerprint density at radius 3 is 1.65 bits per heavy atom. The van der Waals surface area contributed by atoms with Gasteiger partial charge in [0.25, 0.3) is 0 Å². The average Bonchev–Trinajstić information content (AvgIpc) is 2.38. The van der Waals surface area contributed by atoms with Crippen LogP contribution in [-0.2, 0) is 19.9 Å². The topological polar surface area (TPSA) is 36.9 Å². The van der Waals surface area contributed by atoms with Gasteiger partial charge in [-0.1, -0.05) is 64.7 Å². The van der Waals surface area contributed by atoms with E-state index in [-0.39, 0.29) is 5.60 Å². The molecule has 0 unspecified atom stereocenters.